The van der Waals surface area contributed by atoms with Crippen LogP contribution in [0.5, 0.6) is 0 Å². The van der Waals surface area contributed by atoms with Crippen molar-refractivity contribution < 1.29 is 0 Å². The number of rotatable bonds is 4. The first-order chi connectivity index (χ1) is 9.24. The summed E-state index contributed by atoms with van der Waals surface area (Å²) in [7, 11) is 0. The average Bonchev–Trinajstić information content (AvgIpc) is 3.24. The van der Waals surface area contributed by atoms with Gasteiger partial charge in [-0.2, -0.15) is 0 Å². The second-order valence-electron chi connectivity index (χ2n) is 6.32. The molecule has 21 heavy (non-hydrogen) atoms. The van der Waals surface area contributed by atoms with Crippen LogP contribution in [0.3, 0.4) is 0 Å². The molecule has 1 heterocycles. The first-order valence-electron chi connectivity index (χ1n) is 7.76. The summed E-state index contributed by atoms with van der Waals surface area (Å²) in [5.74, 6) is 0.987. The molecule has 2 fully saturated rings. The van der Waals surface area contributed by atoms with Crippen molar-refractivity contribution in [2.24, 2.45) is 5.92 Å². The van der Waals surface area contributed by atoms with Crippen molar-refractivity contribution in [3.63, 3.8) is 0 Å². The fraction of sp³-hybridized carbons (Fsp3) is 0.647. The summed E-state index contributed by atoms with van der Waals surface area (Å²) in [5.41, 5.74) is 4.39. The highest BCUT2D eigenvalue weighted by atomic mass is 35.5. The van der Waals surface area contributed by atoms with Crippen molar-refractivity contribution in [2.45, 2.75) is 39.2 Å². The highest BCUT2D eigenvalue weighted by molar-refractivity contribution is 5.85. The van der Waals surface area contributed by atoms with Crippen LogP contribution in [0.25, 0.3) is 0 Å². The molecule has 1 aliphatic carbocycles. The molecule has 1 saturated heterocycles. The molecule has 2 nitrogen and oxygen atoms in total. The number of aryl methyl sites for hydroxylation is 2. The lowest BCUT2D eigenvalue weighted by molar-refractivity contribution is 0.160. The lowest BCUT2D eigenvalue weighted by Crippen LogP contribution is -2.45. The van der Waals surface area contributed by atoms with E-state index in [2.05, 4.69) is 42.3 Å². The van der Waals surface area contributed by atoms with Crippen LogP contribution in [-0.2, 0) is 0 Å². The van der Waals surface area contributed by atoms with Gasteiger partial charge in [-0.25, -0.2) is 0 Å². The van der Waals surface area contributed by atoms with Crippen LogP contribution in [0.1, 0.15) is 42.0 Å². The van der Waals surface area contributed by atoms with E-state index >= 15 is 0 Å². The summed E-state index contributed by atoms with van der Waals surface area (Å²) in [6.45, 7) is 9.14. The van der Waals surface area contributed by atoms with Crippen molar-refractivity contribution in [3.8, 4) is 0 Å². The average molecular weight is 331 g/mol. The molecule has 0 spiro atoms. The summed E-state index contributed by atoms with van der Waals surface area (Å²) < 4.78 is 0. The Bertz CT molecular complexity index is 440. The van der Waals surface area contributed by atoms with Crippen LogP contribution >= 0.6 is 24.8 Å². The molecular weight excluding hydrogens is 303 g/mol. The Morgan fingerprint density at radius 2 is 1.76 bits per heavy atom. The van der Waals surface area contributed by atoms with Gasteiger partial charge in [-0.05, 0) is 42.9 Å². The number of nitrogens with one attached hydrogen (secondary N) is 1. The topological polar surface area (TPSA) is 15.3 Å². The molecule has 0 bridgehead atoms. The van der Waals surface area contributed by atoms with Crippen LogP contribution in [0.15, 0.2) is 18.2 Å². The van der Waals surface area contributed by atoms with Gasteiger partial charge in [-0.1, -0.05) is 31.0 Å². The smallest absolute Gasteiger partial charge is 0.0351 e. The molecule has 1 aliphatic heterocycles. The summed E-state index contributed by atoms with van der Waals surface area (Å²) >= 11 is 0. The van der Waals surface area contributed by atoms with Gasteiger partial charge >= 0.3 is 0 Å². The van der Waals surface area contributed by atoms with Crippen molar-refractivity contribution in [2.75, 3.05) is 26.2 Å². The molecule has 1 saturated carbocycles. The van der Waals surface area contributed by atoms with E-state index in [4.69, 9.17) is 0 Å². The first-order valence-corrected chi connectivity index (χ1v) is 7.76. The van der Waals surface area contributed by atoms with Gasteiger partial charge in [0.1, 0.15) is 0 Å². The standard InChI is InChI=1S/C17H26N2.2ClH/c1-13-3-6-16(11-14(13)2)17(12-15-4-5-15)19-9-7-18-8-10-19;;/h3,6,11,15,17-18H,4-5,7-10,12H2,1-2H3;2*1H/t17-;;/m1../s1. The zero-order chi connectivity index (χ0) is 13.2. The molecular formula is C17H28Cl2N2. The minimum absolute atomic E-state index is 0. The highest BCUT2D eigenvalue weighted by Gasteiger charge is 2.30. The zero-order valence-electron chi connectivity index (χ0n) is 13.1. The number of halogens is 2. The molecule has 0 unspecified atom stereocenters. The number of benzene rings is 1. The van der Waals surface area contributed by atoms with E-state index in [0.29, 0.717) is 6.04 Å². The lowest BCUT2D eigenvalue weighted by Gasteiger charge is -2.35. The summed E-state index contributed by atoms with van der Waals surface area (Å²) in [6, 6.07) is 7.73. The van der Waals surface area contributed by atoms with E-state index in [0.717, 1.165) is 19.0 Å². The molecule has 1 N–H and O–H groups in total. The number of piperazine rings is 1. The minimum Gasteiger partial charge on any atom is -0.314 e. The van der Waals surface area contributed by atoms with Crippen LogP contribution in [0.4, 0.5) is 0 Å². The SMILES string of the molecule is Cc1ccc([C@@H](CC2CC2)N2CCNCC2)cc1C.Cl.Cl. The third-order valence-corrected chi connectivity index (χ3v) is 4.76. The van der Waals surface area contributed by atoms with Gasteiger partial charge in [-0.15, -0.1) is 24.8 Å². The molecule has 1 aromatic rings. The van der Waals surface area contributed by atoms with E-state index in [1.165, 1.54) is 49.0 Å². The largest absolute Gasteiger partial charge is 0.314 e. The summed E-state index contributed by atoms with van der Waals surface area (Å²) in [5, 5.41) is 3.47. The number of hydrogen-bond donors (Lipinski definition) is 1. The summed E-state index contributed by atoms with van der Waals surface area (Å²) in [6.07, 6.45) is 4.27. The second-order valence-corrected chi connectivity index (χ2v) is 6.32. The fourth-order valence-corrected chi connectivity index (χ4v) is 3.13. The molecule has 0 aromatic heterocycles. The maximum atomic E-state index is 3.47. The van der Waals surface area contributed by atoms with Crippen LogP contribution in [-0.4, -0.2) is 31.1 Å². The molecule has 120 valence electrons. The van der Waals surface area contributed by atoms with E-state index < -0.39 is 0 Å². The van der Waals surface area contributed by atoms with Crippen LogP contribution in [0, 0.1) is 19.8 Å². The maximum absolute atomic E-state index is 3.47. The Balaban J connectivity index is 0.00000110. The predicted molar refractivity (Wildman–Crippen MR) is 94.9 cm³/mol. The van der Waals surface area contributed by atoms with Crippen molar-refractivity contribution >= 4 is 24.8 Å². The zero-order valence-corrected chi connectivity index (χ0v) is 14.7. The minimum atomic E-state index is 0. The van der Waals surface area contributed by atoms with Gasteiger partial charge in [0.15, 0.2) is 0 Å². The normalized spacial score (nSPS) is 20.3. The van der Waals surface area contributed by atoms with Gasteiger partial charge in [0.2, 0.25) is 0 Å². The first kappa shape index (κ1) is 18.8. The maximum Gasteiger partial charge on any atom is 0.0351 e. The lowest BCUT2D eigenvalue weighted by atomic mass is 9.95. The fourth-order valence-electron chi connectivity index (χ4n) is 3.13. The van der Waals surface area contributed by atoms with E-state index in [-0.39, 0.29) is 24.8 Å². The second kappa shape index (κ2) is 8.38. The number of hydrogen-bond acceptors (Lipinski definition) is 2. The van der Waals surface area contributed by atoms with E-state index in [9.17, 15) is 0 Å². The van der Waals surface area contributed by atoms with E-state index in [1.54, 1.807) is 0 Å². The van der Waals surface area contributed by atoms with Gasteiger partial charge in [-0.3, -0.25) is 4.90 Å². The Kier molecular flexibility index (Phi) is 7.49. The van der Waals surface area contributed by atoms with Crippen molar-refractivity contribution in [3.05, 3.63) is 34.9 Å². The highest BCUT2D eigenvalue weighted by Crippen LogP contribution is 2.40. The van der Waals surface area contributed by atoms with Crippen LogP contribution < -0.4 is 5.32 Å². The molecule has 3 rings (SSSR count). The van der Waals surface area contributed by atoms with Gasteiger partial charge < -0.3 is 5.32 Å². The van der Waals surface area contributed by atoms with Gasteiger partial charge in [0, 0.05) is 32.2 Å². The quantitative estimate of drug-likeness (QED) is 0.900. The van der Waals surface area contributed by atoms with Crippen LogP contribution in [0.2, 0.25) is 0 Å². The third kappa shape index (κ3) is 4.85. The van der Waals surface area contributed by atoms with Crippen molar-refractivity contribution in [1.82, 2.24) is 10.2 Å². The molecule has 2 aliphatic rings. The van der Waals surface area contributed by atoms with Crippen molar-refractivity contribution in [1.29, 1.82) is 0 Å². The molecule has 0 radical (unpaired) electrons. The summed E-state index contributed by atoms with van der Waals surface area (Å²) in [4.78, 5) is 2.69. The molecule has 1 aromatic carbocycles. The Morgan fingerprint density at radius 1 is 1.10 bits per heavy atom. The Morgan fingerprint density at radius 3 is 2.33 bits per heavy atom. The molecule has 1 atom stereocenters. The van der Waals surface area contributed by atoms with Gasteiger partial charge in [0.25, 0.3) is 0 Å². The third-order valence-electron chi connectivity index (χ3n) is 4.76. The van der Waals surface area contributed by atoms with E-state index in [1.807, 2.05) is 0 Å². The van der Waals surface area contributed by atoms with Gasteiger partial charge in [0.05, 0.1) is 0 Å². The Hall–Kier alpha value is -0.280. The predicted octanol–water partition coefficient (Wildman–Crippen LogP) is 3.89. The monoisotopic (exact) mass is 330 g/mol. The molecule has 0 amide bonds. The molecule has 4 heteroatoms. The Labute approximate surface area is 141 Å². The number of nitrogens with zero attached hydrogens (tertiary/aromatic N) is 1.